The number of nitrogen functional groups attached to an aromatic ring is 1. The van der Waals surface area contributed by atoms with Crippen LogP contribution in [0.5, 0.6) is 0 Å². The van der Waals surface area contributed by atoms with Crippen molar-refractivity contribution in [3.8, 4) is 0 Å². The third-order valence-electron chi connectivity index (χ3n) is 9.45. The third-order valence-corrected chi connectivity index (χ3v) is 11.6. The van der Waals surface area contributed by atoms with Gasteiger partial charge in [-0.1, -0.05) is 95.4 Å². The van der Waals surface area contributed by atoms with Gasteiger partial charge in [0, 0.05) is 28.9 Å². The lowest BCUT2D eigenvalue weighted by atomic mass is 9.82. The maximum absolute atomic E-state index is 13.6. The number of amides is 1. The molecule has 0 heterocycles. The van der Waals surface area contributed by atoms with E-state index in [0.717, 1.165) is 31.7 Å². The van der Waals surface area contributed by atoms with Crippen molar-refractivity contribution in [3.63, 3.8) is 0 Å². The topological polar surface area (TPSA) is 213 Å². The Morgan fingerprint density at radius 1 is 0.875 bits per heavy atom. The Morgan fingerprint density at radius 3 is 1.90 bits per heavy atom. The summed E-state index contributed by atoms with van der Waals surface area (Å²) in [5.74, 6) is -1.80. The van der Waals surface area contributed by atoms with Gasteiger partial charge >= 0.3 is 7.60 Å². The average Bonchev–Trinajstić information content (AvgIpc) is 3.02. The maximum atomic E-state index is 13.6. The van der Waals surface area contributed by atoms with Gasteiger partial charge in [-0.05, 0) is 38.2 Å². The van der Waals surface area contributed by atoms with E-state index in [1.54, 1.807) is 12.1 Å². The van der Waals surface area contributed by atoms with Gasteiger partial charge in [0.1, 0.15) is 10.6 Å². The largest absolute Gasteiger partial charge is 0.397 e. The molecule has 4 rings (SSSR count). The predicted octanol–water partition coefficient (Wildman–Crippen LogP) is 5.99. The molecule has 0 radical (unpaired) electrons. The van der Waals surface area contributed by atoms with Gasteiger partial charge in [0.15, 0.2) is 11.6 Å². The molecule has 12 nitrogen and oxygen atoms in total. The molecule has 0 spiro atoms. The Balaban J connectivity index is 1.36. The van der Waals surface area contributed by atoms with Gasteiger partial charge in [-0.3, -0.25) is 23.5 Å². The Morgan fingerprint density at radius 2 is 1.38 bits per heavy atom. The number of anilines is 2. The van der Waals surface area contributed by atoms with Gasteiger partial charge in [0.2, 0.25) is 5.91 Å². The second-order valence-electron chi connectivity index (χ2n) is 13.0. The van der Waals surface area contributed by atoms with Gasteiger partial charge in [-0.2, -0.15) is 8.42 Å². The number of ketones is 2. The lowest BCUT2D eigenvalue weighted by Gasteiger charge is -2.32. The summed E-state index contributed by atoms with van der Waals surface area (Å²) in [6, 6.07) is 6.58. The van der Waals surface area contributed by atoms with Crippen molar-refractivity contribution in [2.45, 2.75) is 126 Å². The van der Waals surface area contributed by atoms with Crippen LogP contribution in [0.15, 0.2) is 35.2 Å². The lowest BCUT2D eigenvalue weighted by Crippen LogP contribution is -2.44. The Labute approximate surface area is 282 Å². The van der Waals surface area contributed by atoms with Gasteiger partial charge in [-0.25, -0.2) is 0 Å². The van der Waals surface area contributed by atoms with Crippen molar-refractivity contribution < 1.29 is 41.7 Å². The van der Waals surface area contributed by atoms with Crippen LogP contribution in [0.3, 0.4) is 0 Å². The second kappa shape index (κ2) is 16.5. The van der Waals surface area contributed by atoms with Gasteiger partial charge in [0.25, 0.3) is 10.1 Å². The monoisotopic (exact) mass is 705 g/mol. The van der Waals surface area contributed by atoms with Crippen LogP contribution in [0.4, 0.5) is 11.4 Å². The third kappa shape index (κ3) is 9.32. The first-order valence-corrected chi connectivity index (χ1v) is 20.1. The van der Waals surface area contributed by atoms with Crippen LogP contribution in [-0.2, 0) is 19.5 Å². The van der Waals surface area contributed by atoms with E-state index in [1.165, 1.54) is 44.2 Å². The minimum atomic E-state index is -4.85. The summed E-state index contributed by atoms with van der Waals surface area (Å²) in [6.07, 6.45) is 12.7. The van der Waals surface area contributed by atoms with Crippen LogP contribution >= 0.6 is 7.60 Å². The molecule has 264 valence electrons. The summed E-state index contributed by atoms with van der Waals surface area (Å²) in [5, 5.41) is 5.99. The fraction of sp³-hybridized carbons (Fsp3) is 0.559. The minimum absolute atomic E-state index is 0.0465. The Bertz CT molecular complexity index is 1650. The summed E-state index contributed by atoms with van der Waals surface area (Å²) in [7, 11) is -9.51. The van der Waals surface area contributed by atoms with Crippen LogP contribution in [-0.4, -0.2) is 58.0 Å². The van der Waals surface area contributed by atoms with E-state index in [2.05, 4.69) is 17.6 Å². The number of fused-ring (bicyclic) bond motifs is 2. The standard InChI is InChI=1S/C34H48N3O9PS/c1-2-3-4-5-6-7-8-9-10-11-16-27(47(41,42)43)34(40)37-23-19-17-22(18-20-23)36-26-21-28(48(44,45)46)31(35)30-29(26)32(38)24-14-12-13-15-25(24)33(30)39/h12-15,21-23,27,36H,2-11,16-20,35H2,1H3,(H,37,40)(H2,41,42,43)(H,44,45,46). The zero-order valence-electron chi connectivity index (χ0n) is 27.4. The van der Waals surface area contributed by atoms with E-state index < -0.39 is 51.4 Å². The Kier molecular flexibility index (Phi) is 13.0. The molecule has 1 atom stereocenters. The van der Waals surface area contributed by atoms with Gasteiger partial charge in [-0.15, -0.1) is 0 Å². The SMILES string of the molecule is CCCCCCCCCCCCC(C(=O)NC1CCC(Nc2cc(S(=O)(=O)O)c(N)c3c2C(=O)c2ccccc2C3=O)CC1)P(=O)(O)O. The van der Waals surface area contributed by atoms with Crippen LogP contribution in [0.25, 0.3) is 0 Å². The first-order valence-electron chi connectivity index (χ1n) is 17.0. The molecule has 0 saturated heterocycles. The summed E-state index contributed by atoms with van der Waals surface area (Å²) in [5.41, 5.74) is 4.07. The number of rotatable bonds is 17. The summed E-state index contributed by atoms with van der Waals surface area (Å²) in [6.45, 7) is 2.19. The van der Waals surface area contributed by atoms with E-state index in [4.69, 9.17) is 5.73 Å². The summed E-state index contributed by atoms with van der Waals surface area (Å²) >= 11 is 0. The highest BCUT2D eigenvalue weighted by molar-refractivity contribution is 7.86. The predicted molar refractivity (Wildman–Crippen MR) is 184 cm³/mol. The maximum Gasteiger partial charge on any atom is 0.337 e. The molecule has 2 aliphatic carbocycles. The van der Waals surface area contributed by atoms with Crippen LogP contribution in [0.1, 0.15) is 135 Å². The first-order chi connectivity index (χ1) is 22.7. The van der Waals surface area contributed by atoms with Crippen molar-refractivity contribution in [1.29, 1.82) is 0 Å². The Hall–Kier alpha value is -3.09. The number of carbonyl (C=O) groups excluding carboxylic acids is 3. The highest BCUT2D eigenvalue weighted by Gasteiger charge is 2.38. The molecule has 0 aliphatic heterocycles. The fourth-order valence-electron chi connectivity index (χ4n) is 6.80. The first kappa shape index (κ1) is 37.7. The van der Waals surface area contributed by atoms with Crippen molar-refractivity contribution in [3.05, 3.63) is 52.6 Å². The molecule has 1 saturated carbocycles. The van der Waals surface area contributed by atoms with Crippen molar-refractivity contribution >= 4 is 46.6 Å². The van der Waals surface area contributed by atoms with E-state index in [9.17, 15) is 41.7 Å². The molecule has 2 aromatic carbocycles. The zero-order chi connectivity index (χ0) is 35.1. The lowest BCUT2D eigenvalue weighted by molar-refractivity contribution is -0.122. The smallest absolute Gasteiger partial charge is 0.337 e. The van der Waals surface area contributed by atoms with E-state index in [-0.39, 0.29) is 46.4 Å². The van der Waals surface area contributed by atoms with E-state index in [0.29, 0.717) is 32.1 Å². The fourth-order valence-corrected chi connectivity index (χ4v) is 8.34. The number of nitrogens with one attached hydrogen (secondary N) is 2. The molecule has 1 fully saturated rings. The molecule has 0 bridgehead atoms. The molecule has 1 amide bonds. The quantitative estimate of drug-likeness (QED) is 0.0415. The second-order valence-corrected chi connectivity index (χ2v) is 16.2. The van der Waals surface area contributed by atoms with Gasteiger partial charge < -0.3 is 26.2 Å². The molecule has 48 heavy (non-hydrogen) atoms. The number of hydrogen-bond donors (Lipinski definition) is 6. The summed E-state index contributed by atoms with van der Waals surface area (Å²) < 4.78 is 46.5. The summed E-state index contributed by atoms with van der Waals surface area (Å²) in [4.78, 5) is 59.2. The molecular formula is C34H48N3O9PS. The number of carbonyl (C=O) groups is 3. The highest BCUT2D eigenvalue weighted by Crippen LogP contribution is 2.44. The number of nitrogens with two attached hydrogens (primary N) is 1. The molecule has 0 aromatic heterocycles. The van der Waals surface area contributed by atoms with Crippen molar-refractivity contribution in [2.75, 3.05) is 11.1 Å². The van der Waals surface area contributed by atoms with Crippen LogP contribution in [0, 0.1) is 0 Å². The number of hydrogen-bond acceptors (Lipinski definition) is 8. The van der Waals surface area contributed by atoms with Crippen molar-refractivity contribution in [1.82, 2.24) is 5.32 Å². The van der Waals surface area contributed by atoms with Crippen molar-refractivity contribution in [2.24, 2.45) is 0 Å². The molecule has 1 unspecified atom stereocenters. The number of unbranched alkanes of at least 4 members (excludes halogenated alkanes) is 9. The average molecular weight is 706 g/mol. The molecular weight excluding hydrogens is 657 g/mol. The van der Waals surface area contributed by atoms with E-state index >= 15 is 0 Å². The minimum Gasteiger partial charge on any atom is -0.397 e. The van der Waals surface area contributed by atoms with E-state index in [1.807, 2.05) is 0 Å². The van der Waals surface area contributed by atoms with Crippen LogP contribution in [0.2, 0.25) is 0 Å². The molecule has 2 aromatic rings. The molecule has 2 aliphatic rings. The zero-order valence-corrected chi connectivity index (χ0v) is 29.2. The number of benzene rings is 2. The molecule has 14 heteroatoms. The van der Waals surface area contributed by atoms with Gasteiger partial charge in [0.05, 0.1) is 16.8 Å². The van der Waals surface area contributed by atoms with Crippen LogP contribution < -0.4 is 16.4 Å². The molecule has 7 N–H and O–H groups in total. The normalized spacial score (nSPS) is 18.6. The highest BCUT2D eigenvalue weighted by atomic mass is 32.2.